The lowest BCUT2D eigenvalue weighted by Gasteiger charge is -2.22. The number of aromatic amines is 1. The SMILES string of the molecule is COCCN(CCOC)c1cn[nH]c1N. The van der Waals surface area contributed by atoms with Gasteiger partial charge in [-0.1, -0.05) is 0 Å². The quantitative estimate of drug-likeness (QED) is 0.672. The number of nitrogens with one attached hydrogen (secondary N) is 1. The van der Waals surface area contributed by atoms with Crippen LogP contribution < -0.4 is 10.6 Å². The van der Waals surface area contributed by atoms with E-state index in [-0.39, 0.29) is 0 Å². The van der Waals surface area contributed by atoms with Crippen LogP contribution in [0.4, 0.5) is 11.5 Å². The number of rotatable bonds is 7. The topological polar surface area (TPSA) is 76.4 Å². The second-order valence-corrected chi connectivity index (χ2v) is 3.14. The average molecular weight is 214 g/mol. The van der Waals surface area contributed by atoms with E-state index in [1.165, 1.54) is 0 Å². The van der Waals surface area contributed by atoms with Crippen LogP contribution in [0.2, 0.25) is 0 Å². The molecule has 0 atom stereocenters. The summed E-state index contributed by atoms with van der Waals surface area (Å²) in [5.41, 5.74) is 6.64. The van der Waals surface area contributed by atoms with Gasteiger partial charge in [-0.15, -0.1) is 0 Å². The fourth-order valence-corrected chi connectivity index (χ4v) is 1.30. The van der Waals surface area contributed by atoms with Crippen molar-refractivity contribution >= 4 is 11.5 Å². The molecule has 0 aliphatic heterocycles. The van der Waals surface area contributed by atoms with Crippen LogP contribution in [0.15, 0.2) is 6.20 Å². The van der Waals surface area contributed by atoms with Gasteiger partial charge >= 0.3 is 0 Å². The number of methoxy groups -OCH3 is 2. The largest absolute Gasteiger partial charge is 0.383 e. The fraction of sp³-hybridized carbons (Fsp3) is 0.667. The van der Waals surface area contributed by atoms with Gasteiger partial charge in [0.05, 0.1) is 25.1 Å². The van der Waals surface area contributed by atoms with Crippen LogP contribution in [-0.2, 0) is 9.47 Å². The Hall–Kier alpha value is -1.27. The van der Waals surface area contributed by atoms with Gasteiger partial charge in [0, 0.05) is 27.3 Å². The predicted octanol–water partition coefficient (Wildman–Crippen LogP) is 0.0911. The number of aromatic nitrogens is 2. The van der Waals surface area contributed by atoms with Crippen molar-refractivity contribution in [1.29, 1.82) is 0 Å². The molecule has 0 saturated heterocycles. The standard InChI is InChI=1S/C9H18N4O2/c1-14-5-3-13(4-6-15-2)8-7-11-12-9(8)10/h7H,3-6H2,1-2H3,(H3,10,11,12). The second-order valence-electron chi connectivity index (χ2n) is 3.14. The summed E-state index contributed by atoms with van der Waals surface area (Å²) in [7, 11) is 3.35. The maximum Gasteiger partial charge on any atom is 0.142 e. The number of nitrogens with two attached hydrogens (primary N) is 1. The summed E-state index contributed by atoms with van der Waals surface area (Å²) in [4.78, 5) is 2.08. The van der Waals surface area contributed by atoms with E-state index in [1.807, 2.05) is 0 Å². The van der Waals surface area contributed by atoms with Crippen LogP contribution in [0, 0.1) is 0 Å². The third-order valence-electron chi connectivity index (χ3n) is 2.12. The van der Waals surface area contributed by atoms with Crippen LogP contribution in [-0.4, -0.2) is 50.7 Å². The van der Waals surface area contributed by atoms with Gasteiger partial charge in [0.1, 0.15) is 5.82 Å². The lowest BCUT2D eigenvalue weighted by molar-refractivity contribution is 0.190. The Morgan fingerprint density at radius 3 is 2.33 bits per heavy atom. The zero-order valence-corrected chi connectivity index (χ0v) is 9.19. The molecule has 0 saturated carbocycles. The number of nitrogens with zero attached hydrogens (tertiary/aromatic N) is 2. The molecule has 6 nitrogen and oxygen atoms in total. The fourth-order valence-electron chi connectivity index (χ4n) is 1.30. The molecular weight excluding hydrogens is 196 g/mol. The van der Waals surface area contributed by atoms with Gasteiger partial charge < -0.3 is 20.1 Å². The number of hydrogen-bond donors (Lipinski definition) is 2. The molecule has 0 unspecified atom stereocenters. The molecule has 0 aliphatic carbocycles. The van der Waals surface area contributed by atoms with Crippen molar-refractivity contribution in [1.82, 2.24) is 10.2 Å². The van der Waals surface area contributed by atoms with E-state index in [0.717, 1.165) is 18.8 Å². The first-order valence-corrected chi connectivity index (χ1v) is 4.81. The van der Waals surface area contributed by atoms with Gasteiger partial charge in [-0.05, 0) is 0 Å². The Balaban J connectivity index is 2.58. The predicted molar refractivity (Wildman–Crippen MR) is 59.0 cm³/mol. The molecule has 0 aliphatic rings. The molecule has 0 bridgehead atoms. The summed E-state index contributed by atoms with van der Waals surface area (Å²) in [6, 6.07) is 0. The second kappa shape index (κ2) is 6.26. The van der Waals surface area contributed by atoms with Gasteiger partial charge in [-0.2, -0.15) is 5.10 Å². The van der Waals surface area contributed by atoms with Crippen molar-refractivity contribution in [2.75, 3.05) is 51.2 Å². The summed E-state index contributed by atoms with van der Waals surface area (Å²) in [5, 5.41) is 6.59. The van der Waals surface area contributed by atoms with Crippen molar-refractivity contribution in [3.8, 4) is 0 Å². The normalized spacial score (nSPS) is 10.5. The maximum absolute atomic E-state index is 5.74. The number of nitrogen functional groups attached to an aromatic ring is 1. The molecule has 6 heteroatoms. The smallest absolute Gasteiger partial charge is 0.142 e. The lowest BCUT2D eigenvalue weighted by Crippen LogP contribution is -2.30. The first kappa shape index (κ1) is 11.8. The molecule has 1 rings (SSSR count). The molecule has 1 aromatic rings. The Morgan fingerprint density at radius 2 is 1.93 bits per heavy atom. The van der Waals surface area contributed by atoms with Crippen molar-refractivity contribution < 1.29 is 9.47 Å². The molecule has 0 fully saturated rings. The third-order valence-corrected chi connectivity index (χ3v) is 2.12. The van der Waals surface area contributed by atoms with Gasteiger partial charge in [0.25, 0.3) is 0 Å². The first-order chi connectivity index (χ1) is 7.29. The molecule has 1 heterocycles. The van der Waals surface area contributed by atoms with E-state index in [9.17, 15) is 0 Å². The van der Waals surface area contributed by atoms with Gasteiger partial charge in [-0.3, -0.25) is 5.10 Å². The van der Waals surface area contributed by atoms with Crippen molar-refractivity contribution in [2.24, 2.45) is 0 Å². The van der Waals surface area contributed by atoms with E-state index in [0.29, 0.717) is 19.0 Å². The molecular formula is C9H18N4O2. The summed E-state index contributed by atoms with van der Waals surface area (Å²) in [6.45, 7) is 2.83. The highest BCUT2D eigenvalue weighted by Crippen LogP contribution is 2.18. The van der Waals surface area contributed by atoms with Crippen molar-refractivity contribution in [2.45, 2.75) is 0 Å². The third kappa shape index (κ3) is 3.41. The van der Waals surface area contributed by atoms with Gasteiger partial charge in [0.15, 0.2) is 0 Å². The Bertz CT molecular complexity index is 269. The molecule has 0 aromatic carbocycles. The molecule has 0 amide bonds. The first-order valence-electron chi connectivity index (χ1n) is 4.81. The number of hydrogen-bond acceptors (Lipinski definition) is 5. The lowest BCUT2D eigenvalue weighted by atomic mass is 10.4. The average Bonchev–Trinajstić information content (AvgIpc) is 2.65. The number of anilines is 2. The molecule has 15 heavy (non-hydrogen) atoms. The van der Waals surface area contributed by atoms with Crippen LogP contribution in [0.5, 0.6) is 0 Å². The summed E-state index contributed by atoms with van der Waals surface area (Å²) in [5.74, 6) is 0.571. The molecule has 86 valence electrons. The van der Waals surface area contributed by atoms with Crippen molar-refractivity contribution in [3.05, 3.63) is 6.20 Å². The minimum atomic E-state index is 0.571. The van der Waals surface area contributed by atoms with Gasteiger partial charge in [0.2, 0.25) is 0 Å². The minimum Gasteiger partial charge on any atom is -0.383 e. The van der Waals surface area contributed by atoms with Crippen LogP contribution in [0.1, 0.15) is 0 Å². The number of ether oxygens (including phenoxy) is 2. The maximum atomic E-state index is 5.74. The Morgan fingerprint density at radius 1 is 1.33 bits per heavy atom. The zero-order valence-electron chi connectivity index (χ0n) is 9.19. The highest BCUT2D eigenvalue weighted by atomic mass is 16.5. The van der Waals surface area contributed by atoms with E-state index in [2.05, 4.69) is 15.1 Å². The van der Waals surface area contributed by atoms with Crippen LogP contribution in [0.25, 0.3) is 0 Å². The van der Waals surface area contributed by atoms with Crippen LogP contribution >= 0.6 is 0 Å². The Labute approximate surface area is 89.3 Å². The Kier molecular flexibility index (Phi) is 4.92. The molecule has 0 spiro atoms. The van der Waals surface area contributed by atoms with E-state index >= 15 is 0 Å². The van der Waals surface area contributed by atoms with E-state index < -0.39 is 0 Å². The molecule has 3 N–H and O–H groups in total. The van der Waals surface area contributed by atoms with Gasteiger partial charge in [-0.25, -0.2) is 0 Å². The number of H-pyrrole nitrogens is 1. The molecule has 0 radical (unpaired) electrons. The summed E-state index contributed by atoms with van der Waals surface area (Å²) < 4.78 is 10.1. The van der Waals surface area contributed by atoms with E-state index in [4.69, 9.17) is 15.2 Å². The summed E-state index contributed by atoms with van der Waals surface area (Å²) in [6.07, 6.45) is 1.71. The minimum absolute atomic E-state index is 0.571. The monoisotopic (exact) mass is 214 g/mol. The highest BCUT2D eigenvalue weighted by Gasteiger charge is 2.10. The van der Waals surface area contributed by atoms with Crippen LogP contribution in [0.3, 0.4) is 0 Å². The summed E-state index contributed by atoms with van der Waals surface area (Å²) >= 11 is 0. The van der Waals surface area contributed by atoms with Crippen molar-refractivity contribution in [3.63, 3.8) is 0 Å². The molecule has 1 aromatic heterocycles. The van der Waals surface area contributed by atoms with E-state index in [1.54, 1.807) is 20.4 Å². The highest BCUT2D eigenvalue weighted by molar-refractivity contribution is 5.62. The zero-order chi connectivity index (χ0) is 11.1.